The standard InChI is InChI=1S/C21H23N3O/c22-21(25)18-8-4-7-17-14-19(23-20(17)18)24-11-9-16(10-12-24)13-15-5-2-1-3-6-15/h1-8,14,16,23H,9-13H2,(H2,22,25). The Morgan fingerprint density at radius 1 is 1.08 bits per heavy atom. The van der Waals surface area contributed by atoms with E-state index in [9.17, 15) is 4.79 Å². The number of benzene rings is 2. The molecule has 1 aliphatic heterocycles. The molecule has 1 amide bonds. The molecular formula is C21H23N3O. The molecule has 0 spiro atoms. The number of hydrogen-bond donors (Lipinski definition) is 2. The molecule has 0 aliphatic carbocycles. The highest BCUT2D eigenvalue weighted by Gasteiger charge is 2.21. The van der Waals surface area contributed by atoms with Gasteiger partial charge in [-0.05, 0) is 42.9 Å². The van der Waals surface area contributed by atoms with Crippen LogP contribution in [0, 0.1) is 5.92 Å². The monoisotopic (exact) mass is 333 g/mol. The average molecular weight is 333 g/mol. The first-order chi connectivity index (χ1) is 12.2. The number of piperidine rings is 1. The summed E-state index contributed by atoms with van der Waals surface area (Å²) in [6.07, 6.45) is 3.53. The van der Waals surface area contributed by atoms with Crippen molar-refractivity contribution in [3.63, 3.8) is 0 Å². The summed E-state index contributed by atoms with van der Waals surface area (Å²) in [5.74, 6) is 1.44. The van der Waals surface area contributed by atoms with Gasteiger partial charge in [-0.2, -0.15) is 0 Å². The number of primary amides is 1. The number of fused-ring (bicyclic) bond motifs is 1. The highest BCUT2D eigenvalue weighted by Crippen LogP contribution is 2.29. The zero-order valence-corrected chi connectivity index (χ0v) is 14.2. The number of aromatic amines is 1. The minimum absolute atomic E-state index is 0.388. The summed E-state index contributed by atoms with van der Waals surface area (Å²) < 4.78 is 0. The summed E-state index contributed by atoms with van der Waals surface area (Å²) in [6.45, 7) is 2.08. The van der Waals surface area contributed by atoms with E-state index in [4.69, 9.17) is 5.73 Å². The fourth-order valence-corrected chi connectivity index (χ4v) is 3.84. The van der Waals surface area contributed by atoms with Gasteiger partial charge in [0.1, 0.15) is 5.82 Å². The normalized spacial score (nSPS) is 15.6. The van der Waals surface area contributed by atoms with Gasteiger partial charge in [0.2, 0.25) is 0 Å². The van der Waals surface area contributed by atoms with E-state index in [0.717, 1.165) is 42.1 Å². The Kier molecular flexibility index (Phi) is 4.18. The number of anilines is 1. The summed E-state index contributed by atoms with van der Waals surface area (Å²) in [5, 5.41) is 1.04. The molecule has 0 unspecified atom stereocenters. The Morgan fingerprint density at radius 2 is 1.84 bits per heavy atom. The molecule has 1 fully saturated rings. The minimum Gasteiger partial charge on any atom is -0.366 e. The van der Waals surface area contributed by atoms with Gasteiger partial charge in [0, 0.05) is 18.5 Å². The Bertz CT molecular complexity index is 877. The molecule has 3 N–H and O–H groups in total. The fourth-order valence-electron chi connectivity index (χ4n) is 3.84. The van der Waals surface area contributed by atoms with Crippen LogP contribution in [-0.2, 0) is 6.42 Å². The van der Waals surface area contributed by atoms with E-state index < -0.39 is 0 Å². The second-order valence-corrected chi connectivity index (χ2v) is 6.91. The van der Waals surface area contributed by atoms with Crippen LogP contribution < -0.4 is 10.6 Å². The number of carbonyl (C=O) groups is 1. The largest absolute Gasteiger partial charge is 0.366 e. The van der Waals surface area contributed by atoms with Crippen molar-refractivity contribution in [1.29, 1.82) is 0 Å². The summed E-state index contributed by atoms with van der Waals surface area (Å²) in [6, 6.07) is 18.5. The zero-order chi connectivity index (χ0) is 17.2. The topological polar surface area (TPSA) is 62.1 Å². The molecule has 4 heteroatoms. The molecule has 128 valence electrons. The third-order valence-corrected chi connectivity index (χ3v) is 5.23. The molecule has 3 aromatic rings. The number of hydrogen-bond acceptors (Lipinski definition) is 2. The Morgan fingerprint density at radius 3 is 2.56 bits per heavy atom. The average Bonchev–Trinajstić information content (AvgIpc) is 3.07. The predicted molar refractivity (Wildman–Crippen MR) is 102 cm³/mol. The van der Waals surface area contributed by atoms with Crippen LogP contribution in [-0.4, -0.2) is 24.0 Å². The van der Waals surface area contributed by atoms with Gasteiger partial charge in [-0.1, -0.05) is 42.5 Å². The maximum absolute atomic E-state index is 11.6. The van der Waals surface area contributed by atoms with Gasteiger partial charge < -0.3 is 15.6 Å². The number of nitrogens with two attached hydrogens (primary N) is 1. The second kappa shape index (κ2) is 6.63. The molecular weight excluding hydrogens is 310 g/mol. The minimum atomic E-state index is -0.388. The molecule has 1 aromatic heterocycles. The van der Waals surface area contributed by atoms with Crippen molar-refractivity contribution >= 4 is 22.6 Å². The lowest BCUT2D eigenvalue weighted by Gasteiger charge is -2.32. The lowest BCUT2D eigenvalue weighted by atomic mass is 9.90. The van der Waals surface area contributed by atoms with Crippen LogP contribution in [0.5, 0.6) is 0 Å². The van der Waals surface area contributed by atoms with Crippen LogP contribution >= 0.6 is 0 Å². The van der Waals surface area contributed by atoms with Crippen molar-refractivity contribution in [3.05, 3.63) is 65.7 Å². The van der Waals surface area contributed by atoms with E-state index in [2.05, 4.69) is 46.3 Å². The van der Waals surface area contributed by atoms with Gasteiger partial charge in [0.05, 0.1) is 11.1 Å². The van der Waals surface area contributed by atoms with Gasteiger partial charge in [0.15, 0.2) is 0 Å². The van der Waals surface area contributed by atoms with Crippen LogP contribution in [0.3, 0.4) is 0 Å². The summed E-state index contributed by atoms with van der Waals surface area (Å²) >= 11 is 0. The van der Waals surface area contributed by atoms with Crippen LogP contribution in [0.15, 0.2) is 54.6 Å². The van der Waals surface area contributed by atoms with Gasteiger partial charge in [-0.25, -0.2) is 0 Å². The number of nitrogens with one attached hydrogen (secondary N) is 1. The van der Waals surface area contributed by atoms with Crippen molar-refractivity contribution in [2.24, 2.45) is 11.7 Å². The van der Waals surface area contributed by atoms with E-state index in [-0.39, 0.29) is 5.91 Å². The number of amides is 1. The molecule has 0 atom stereocenters. The van der Waals surface area contributed by atoms with Crippen molar-refractivity contribution in [1.82, 2.24) is 4.98 Å². The number of nitrogens with zero attached hydrogens (tertiary/aromatic N) is 1. The lowest BCUT2D eigenvalue weighted by molar-refractivity contribution is 0.100. The molecule has 1 saturated heterocycles. The number of H-pyrrole nitrogens is 1. The van der Waals surface area contributed by atoms with E-state index in [1.807, 2.05) is 12.1 Å². The van der Waals surface area contributed by atoms with Crippen molar-refractivity contribution in [2.75, 3.05) is 18.0 Å². The highest BCUT2D eigenvalue weighted by molar-refractivity contribution is 6.05. The third kappa shape index (κ3) is 3.25. The summed E-state index contributed by atoms with van der Waals surface area (Å²) in [5.41, 5.74) is 8.32. The van der Waals surface area contributed by atoms with Gasteiger partial charge >= 0.3 is 0 Å². The van der Waals surface area contributed by atoms with E-state index >= 15 is 0 Å². The SMILES string of the molecule is NC(=O)c1cccc2cc(N3CCC(Cc4ccccc4)CC3)[nH]c12. The smallest absolute Gasteiger partial charge is 0.250 e. The molecule has 0 bridgehead atoms. The summed E-state index contributed by atoms with van der Waals surface area (Å²) in [4.78, 5) is 17.4. The van der Waals surface area contributed by atoms with Crippen molar-refractivity contribution < 1.29 is 4.79 Å². The maximum atomic E-state index is 11.6. The first kappa shape index (κ1) is 15.8. The highest BCUT2D eigenvalue weighted by atomic mass is 16.1. The molecule has 0 saturated carbocycles. The molecule has 4 nitrogen and oxygen atoms in total. The fraction of sp³-hybridized carbons (Fsp3) is 0.286. The maximum Gasteiger partial charge on any atom is 0.250 e. The van der Waals surface area contributed by atoms with Crippen LogP contribution in [0.2, 0.25) is 0 Å². The van der Waals surface area contributed by atoms with Crippen molar-refractivity contribution in [2.45, 2.75) is 19.3 Å². The first-order valence-electron chi connectivity index (χ1n) is 8.91. The molecule has 0 radical (unpaired) electrons. The summed E-state index contributed by atoms with van der Waals surface area (Å²) in [7, 11) is 0. The predicted octanol–water partition coefficient (Wildman–Crippen LogP) is 3.73. The van der Waals surface area contributed by atoms with E-state index in [1.165, 1.54) is 18.4 Å². The van der Waals surface area contributed by atoms with Crippen LogP contribution in [0.25, 0.3) is 10.9 Å². The number of rotatable bonds is 4. The molecule has 4 rings (SSSR count). The molecule has 2 aromatic carbocycles. The number of carbonyl (C=O) groups excluding carboxylic acids is 1. The van der Waals surface area contributed by atoms with Crippen LogP contribution in [0.4, 0.5) is 5.82 Å². The second-order valence-electron chi connectivity index (χ2n) is 6.91. The van der Waals surface area contributed by atoms with Gasteiger partial charge in [-0.15, -0.1) is 0 Å². The Labute approximate surface area is 147 Å². The zero-order valence-electron chi connectivity index (χ0n) is 14.2. The molecule has 1 aliphatic rings. The third-order valence-electron chi connectivity index (χ3n) is 5.23. The lowest BCUT2D eigenvalue weighted by Crippen LogP contribution is -2.34. The number of para-hydroxylation sites is 1. The molecule has 25 heavy (non-hydrogen) atoms. The van der Waals surface area contributed by atoms with E-state index in [1.54, 1.807) is 6.07 Å². The number of aromatic nitrogens is 1. The van der Waals surface area contributed by atoms with Gasteiger partial charge in [0.25, 0.3) is 5.91 Å². The van der Waals surface area contributed by atoms with E-state index in [0.29, 0.717) is 5.56 Å². The Hall–Kier alpha value is -2.75. The Balaban J connectivity index is 1.46. The quantitative estimate of drug-likeness (QED) is 0.764. The van der Waals surface area contributed by atoms with Gasteiger partial charge in [-0.3, -0.25) is 4.79 Å². The van der Waals surface area contributed by atoms with Crippen LogP contribution in [0.1, 0.15) is 28.8 Å². The van der Waals surface area contributed by atoms with Crippen molar-refractivity contribution in [3.8, 4) is 0 Å². The molecule has 2 heterocycles. The first-order valence-corrected chi connectivity index (χ1v) is 8.91.